The quantitative estimate of drug-likeness (QED) is 0.261. The number of rotatable bonds is 13. The molecule has 0 amide bonds. The van der Waals surface area contributed by atoms with E-state index in [-0.39, 0.29) is 5.41 Å². The molecule has 0 aromatic carbocycles. The Bertz CT molecular complexity index is 324. The SMILES string of the molecule is C=[C](C(O[SiH](C)C)C(C)(C)C)[Sn]([CH2]CCC)([CH2]CCC)[CH2]CCC. The third-order valence-electron chi connectivity index (χ3n) is 5.22. The average Bonchev–Trinajstić information content (AvgIpc) is 2.50. The van der Waals surface area contributed by atoms with Crippen LogP contribution in [0.4, 0.5) is 0 Å². The number of unbranched alkanes of at least 4 members (excludes halogenated alkanes) is 3. The molecular formula is C21H46OSiSn. The first-order valence-electron chi connectivity index (χ1n) is 10.5. The molecule has 0 aliphatic heterocycles. The molecule has 0 N–H and O–H groups in total. The topological polar surface area (TPSA) is 9.23 Å². The van der Waals surface area contributed by atoms with Crippen LogP contribution in [0.2, 0.25) is 26.4 Å². The Morgan fingerprint density at radius 3 is 1.54 bits per heavy atom. The maximum atomic E-state index is 6.61. The summed E-state index contributed by atoms with van der Waals surface area (Å²) >= 11 is -2.41. The van der Waals surface area contributed by atoms with Gasteiger partial charge in [-0.15, -0.1) is 0 Å². The normalized spacial score (nSPS) is 14.2. The van der Waals surface area contributed by atoms with E-state index < -0.39 is 27.4 Å². The summed E-state index contributed by atoms with van der Waals surface area (Å²) in [7, 11) is -1.07. The van der Waals surface area contributed by atoms with E-state index in [1.165, 1.54) is 51.8 Å². The van der Waals surface area contributed by atoms with Crippen LogP contribution in [0.1, 0.15) is 80.1 Å². The summed E-state index contributed by atoms with van der Waals surface area (Å²) in [5, 5.41) is 0. The molecule has 0 aromatic heterocycles. The van der Waals surface area contributed by atoms with Crippen LogP contribution in [-0.2, 0) is 4.43 Å². The molecule has 0 aliphatic rings. The van der Waals surface area contributed by atoms with Gasteiger partial charge in [0, 0.05) is 0 Å². The first-order valence-corrected chi connectivity index (χ1v) is 20.8. The molecule has 1 unspecified atom stereocenters. The monoisotopic (exact) mass is 462 g/mol. The molecule has 0 spiro atoms. The second-order valence-electron chi connectivity index (χ2n) is 9.05. The van der Waals surface area contributed by atoms with Crippen molar-refractivity contribution in [2.24, 2.45) is 5.41 Å². The average molecular weight is 461 g/mol. The Hall–Kier alpha value is 0.716. The van der Waals surface area contributed by atoms with E-state index in [0.29, 0.717) is 6.10 Å². The van der Waals surface area contributed by atoms with Gasteiger partial charge in [0.05, 0.1) is 0 Å². The molecule has 0 saturated heterocycles. The fourth-order valence-electron chi connectivity index (χ4n) is 3.76. The zero-order chi connectivity index (χ0) is 18.8. The third-order valence-corrected chi connectivity index (χ3v) is 21.9. The van der Waals surface area contributed by atoms with Crippen LogP contribution in [0, 0.1) is 5.41 Å². The van der Waals surface area contributed by atoms with Crippen molar-refractivity contribution >= 4 is 27.4 Å². The molecule has 3 heteroatoms. The molecule has 0 radical (unpaired) electrons. The molecule has 0 saturated carbocycles. The van der Waals surface area contributed by atoms with Gasteiger partial charge in [-0.25, -0.2) is 0 Å². The summed E-state index contributed by atoms with van der Waals surface area (Å²) in [5.74, 6) is 0. The van der Waals surface area contributed by atoms with Gasteiger partial charge in [-0.05, 0) is 0 Å². The number of hydrogen-bond donors (Lipinski definition) is 0. The zero-order valence-electron chi connectivity index (χ0n) is 18.1. The predicted octanol–water partition coefficient (Wildman–Crippen LogP) is 7.35. The van der Waals surface area contributed by atoms with Gasteiger partial charge in [-0.1, -0.05) is 0 Å². The Balaban J connectivity index is 5.68. The van der Waals surface area contributed by atoms with Crippen molar-refractivity contribution in [3.8, 4) is 0 Å². The Morgan fingerprint density at radius 2 is 1.29 bits per heavy atom. The molecule has 0 heterocycles. The second kappa shape index (κ2) is 12.2. The van der Waals surface area contributed by atoms with Crippen LogP contribution in [-0.4, -0.2) is 33.5 Å². The van der Waals surface area contributed by atoms with Crippen molar-refractivity contribution < 1.29 is 4.43 Å². The van der Waals surface area contributed by atoms with Crippen molar-refractivity contribution in [1.29, 1.82) is 0 Å². The van der Waals surface area contributed by atoms with E-state index >= 15 is 0 Å². The summed E-state index contributed by atoms with van der Waals surface area (Å²) < 4.78 is 12.7. The van der Waals surface area contributed by atoms with Crippen LogP contribution >= 0.6 is 0 Å². The molecule has 24 heavy (non-hydrogen) atoms. The van der Waals surface area contributed by atoms with Crippen LogP contribution in [0.5, 0.6) is 0 Å². The first-order chi connectivity index (χ1) is 11.1. The van der Waals surface area contributed by atoms with Gasteiger partial charge in [0.1, 0.15) is 0 Å². The van der Waals surface area contributed by atoms with Crippen molar-refractivity contribution in [1.82, 2.24) is 0 Å². The van der Waals surface area contributed by atoms with Gasteiger partial charge < -0.3 is 0 Å². The summed E-state index contributed by atoms with van der Waals surface area (Å²) in [6.07, 6.45) is 8.47. The van der Waals surface area contributed by atoms with Crippen molar-refractivity contribution in [2.45, 2.75) is 113 Å². The summed E-state index contributed by atoms with van der Waals surface area (Å²) in [5.41, 5.74) is 0.182. The third kappa shape index (κ3) is 8.40. The first kappa shape index (κ1) is 24.7. The van der Waals surface area contributed by atoms with E-state index in [0.717, 1.165) is 0 Å². The number of hydrogen-bond acceptors (Lipinski definition) is 1. The van der Waals surface area contributed by atoms with Gasteiger partial charge in [-0.2, -0.15) is 0 Å². The van der Waals surface area contributed by atoms with E-state index in [1.807, 2.05) is 0 Å². The fourth-order valence-corrected chi connectivity index (χ4v) is 22.0. The molecule has 0 aromatic rings. The van der Waals surface area contributed by atoms with Crippen molar-refractivity contribution in [3.05, 3.63) is 10.2 Å². The van der Waals surface area contributed by atoms with Crippen LogP contribution in [0.15, 0.2) is 10.2 Å². The molecule has 0 aliphatic carbocycles. The predicted molar refractivity (Wildman–Crippen MR) is 117 cm³/mol. The van der Waals surface area contributed by atoms with Crippen molar-refractivity contribution in [2.75, 3.05) is 0 Å². The molecule has 1 atom stereocenters. The summed E-state index contributed by atoms with van der Waals surface area (Å²) in [4.78, 5) is 0. The molecule has 0 bridgehead atoms. The molecule has 0 fully saturated rings. The van der Waals surface area contributed by atoms with E-state index in [4.69, 9.17) is 11.0 Å². The van der Waals surface area contributed by atoms with Crippen LogP contribution in [0.25, 0.3) is 0 Å². The summed E-state index contributed by atoms with van der Waals surface area (Å²) in [6.45, 7) is 23.5. The van der Waals surface area contributed by atoms with Gasteiger partial charge in [0.2, 0.25) is 0 Å². The maximum absolute atomic E-state index is 6.61. The Labute approximate surface area is 159 Å². The molecule has 0 rings (SSSR count). The van der Waals surface area contributed by atoms with Crippen LogP contribution < -0.4 is 0 Å². The summed E-state index contributed by atoms with van der Waals surface area (Å²) in [6, 6.07) is 0. The van der Waals surface area contributed by atoms with E-state index in [9.17, 15) is 0 Å². The molecule has 1 nitrogen and oxygen atoms in total. The van der Waals surface area contributed by atoms with Gasteiger partial charge in [0.15, 0.2) is 0 Å². The van der Waals surface area contributed by atoms with Crippen molar-refractivity contribution in [3.63, 3.8) is 0 Å². The zero-order valence-corrected chi connectivity index (χ0v) is 22.1. The fraction of sp³-hybridized carbons (Fsp3) is 0.905. The Kier molecular flexibility index (Phi) is 12.5. The van der Waals surface area contributed by atoms with Gasteiger partial charge >= 0.3 is 160 Å². The standard InChI is InChI=1S/C9H19OSi.3C4H9.Sn/c1-7-8(9(2,3)4)10-11(5)6;3*1-3-4-2;/h8,11H,1H2,2-6H3;3*1,3-4H2,2H3;. The minimum absolute atomic E-state index is 0.182. The molecular weight excluding hydrogens is 415 g/mol. The van der Waals surface area contributed by atoms with Crippen LogP contribution in [0.3, 0.4) is 0 Å². The molecule has 144 valence electrons. The Morgan fingerprint density at radius 1 is 0.917 bits per heavy atom. The second-order valence-corrected chi connectivity index (χ2v) is 24.8. The van der Waals surface area contributed by atoms with E-state index in [2.05, 4.69) is 54.6 Å². The van der Waals surface area contributed by atoms with Gasteiger partial charge in [-0.3, -0.25) is 0 Å². The van der Waals surface area contributed by atoms with E-state index in [1.54, 1.807) is 3.59 Å². The minimum atomic E-state index is -2.41. The van der Waals surface area contributed by atoms with Gasteiger partial charge in [0.25, 0.3) is 0 Å².